The first-order valence-corrected chi connectivity index (χ1v) is 7.96. The molecule has 4 aromatic heterocycles. The van der Waals surface area contributed by atoms with Gasteiger partial charge in [-0.25, -0.2) is 24.9 Å². The van der Waals surface area contributed by atoms with Crippen LogP contribution in [0.25, 0.3) is 22.1 Å². The minimum Gasteiger partial charge on any atom is -0.479 e. The Bertz CT molecular complexity index is 1050. The topological polar surface area (TPSA) is 86.6 Å². The minimum atomic E-state index is 0.322. The zero-order valence-corrected chi connectivity index (χ0v) is 15.0. The fourth-order valence-corrected chi connectivity index (χ4v) is 2.41. The number of ether oxygens (including phenoxy) is 1. The van der Waals surface area contributed by atoms with Crippen LogP contribution in [-0.2, 0) is 0 Å². The van der Waals surface area contributed by atoms with Crippen molar-refractivity contribution >= 4 is 56.9 Å². The van der Waals surface area contributed by atoms with Crippen LogP contribution in [0, 0.1) is 0 Å². The van der Waals surface area contributed by atoms with E-state index in [2.05, 4.69) is 29.9 Å². The maximum Gasteiger partial charge on any atom is 0.243 e. The van der Waals surface area contributed by atoms with Crippen LogP contribution >= 0.6 is 34.8 Å². The molecule has 0 N–H and O–H groups in total. The lowest BCUT2D eigenvalue weighted by Crippen LogP contribution is -1.92. The highest BCUT2D eigenvalue weighted by Crippen LogP contribution is 2.20. The second-order valence-corrected chi connectivity index (χ2v) is 5.68. The molecule has 4 heterocycles. The van der Waals surface area contributed by atoms with Crippen LogP contribution in [0.2, 0.25) is 15.5 Å². The van der Waals surface area contributed by atoms with Crippen LogP contribution in [0.3, 0.4) is 0 Å². The van der Waals surface area contributed by atoms with Gasteiger partial charge in [-0.15, -0.1) is 0 Å². The number of aromatic nitrogens is 6. The molecule has 0 unspecified atom stereocenters. The Morgan fingerprint density at radius 3 is 1.92 bits per heavy atom. The predicted octanol–water partition coefficient (Wildman–Crippen LogP) is 4.02. The lowest BCUT2D eigenvalue weighted by atomic mass is 10.3. The second kappa shape index (κ2) is 7.69. The molecule has 25 heavy (non-hydrogen) atoms. The molecular formula is C15H9Cl3N6O. The fraction of sp³-hybridized carbons (Fsp3) is 0.0667. The number of rotatable bonds is 1. The van der Waals surface area contributed by atoms with Crippen molar-refractivity contribution in [3.05, 3.63) is 52.4 Å². The highest BCUT2D eigenvalue weighted by molar-refractivity contribution is 6.34. The molecule has 0 fully saturated rings. The number of fused-ring (bicyclic) bond motifs is 2. The van der Waals surface area contributed by atoms with Crippen LogP contribution in [0.4, 0.5) is 0 Å². The van der Waals surface area contributed by atoms with Crippen LogP contribution in [-0.4, -0.2) is 37.0 Å². The molecule has 0 aliphatic heterocycles. The predicted molar refractivity (Wildman–Crippen MR) is 96.2 cm³/mol. The SMILES string of the molecule is COc1ncnc2ccc(Cl)nc12.Clc1ccc2ncnc(Cl)c2n1. The third kappa shape index (κ3) is 4.01. The Hall–Kier alpha value is -2.35. The van der Waals surface area contributed by atoms with Gasteiger partial charge in [0.05, 0.1) is 18.1 Å². The first kappa shape index (κ1) is 17.5. The smallest absolute Gasteiger partial charge is 0.243 e. The Labute approximate surface area is 157 Å². The van der Waals surface area contributed by atoms with E-state index in [0.29, 0.717) is 37.9 Å². The van der Waals surface area contributed by atoms with Crippen molar-refractivity contribution in [2.24, 2.45) is 0 Å². The molecule has 0 aliphatic carbocycles. The van der Waals surface area contributed by atoms with Crippen molar-refractivity contribution in [3.8, 4) is 5.88 Å². The van der Waals surface area contributed by atoms with E-state index in [0.717, 1.165) is 5.52 Å². The number of hydrogen-bond donors (Lipinski definition) is 0. The summed E-state index contributed by atoms with van der Waals surface area (Å²) in [6, 6.07) is 6.86. The van der Waals surface area contributed by atoms with Gasteiger partial charge in [0.2, 0.25) is 5.88 Å². The zero-order chi connectivity index (χ0) is 17.8. The molecule has 10 heteroatoms. The highest BCUT2D eigenvalue weighted by atomic mass is 35.5. The molecule has 4 rings (SSSR count). The summed E-state index contributed by atoms with van der Waals surface area (Å²) in [5.74, 6) is 0.438. The quantitative estimate of drug-likeness (QED) is 0.355. The Morgan fingerprint density at radius 1 is 0.720 bits per heavy atom. The van der Waals surface area contributed by atoms with Crippen LogP contribution in [0.5, 0.6) is 5.88 Å². The van der Waals surface area contributed by atoms with E-state index >= 15 is 0 Å². The molecule has 4 aromatic rings. The second-order valence-electron chi connectivity index (χ2n) is 4.55. The molecule has 0 saturated heterocycles. The Morgan fingerprint density at radius 2 is 1.28 bits per heavy atom. The Balaban J connectivity index is 0.000000146. The molecular weight excluding hydrogens is 387 g/mol. The first-order chi connectivity index (χ1) is 12.1. The summed E-state index contributed by atoms with van der Waals surface area (Å²) in [6.45, 7) is 0. The molecule has 0 radical (unpaired) electrons. The van der Waals surface area contributed by atoms with Gasteiger partial charge in [-0.3, -0.25) is 0 Å². The van der Waals surface area contributed by atoms with E-state index < -0.39 is 0 Å². The fourth-order valence-electron chi connectivity index (χ4n) is 1.93. The number of hydrogen-bond acceptors (Lipinski definition) is 7. The van der Waals surface area contributed by atoms with Gasteiger partial charge >= 0.3 is 0 Å². The molecule has 0 saturated carbocycles. The lowest BCUT2D eigenvalue weighted by Gasteiger charge is -2.01. The van der Waals surface area contributed by atoms with Crippen molar-refractivity contribution in [1.82, 2.24) is 29.9 Å². The third-order valence-corrected chi connectivity index (χ3v) is 3.71. The van der Waals surface area contributed by atoms with E-state index in [1.807, 2.05) is 0 Å². The van der Waals surface area contributed by atoms with Gasteiger partial charge in [0.25, 0.3) is 0 Å². The standard InChI is InChI=1S/C8H6ClN3O.C7H3Cl2N3/c1-13-8-7-5(10-4-11-8)2-3-6(9)12-7;8-5-2-1-4-6(12-5)7(9)11-3-10-4/h2-4H,1H3;1-3H. The summed E-state index contributed by atoms with van der Waals surface area (Å²) in [5.41, 5.74) is 2.53. The average Bonchev–Trinajstić information content (AvgIpc) is 2.62. The monoisotopic (exact) mass is 394 g/mol. The molecule has 0 aliphatic rings. The van der Waals surface area contributed by atoms with E-state index in [1.165, 1.54) is 19.8 Å². The van der Waals surface area contributed by atoms with Gasteiger partial charge in [-0.05, 0) is 24.3 Å². The van der Waals surface area contributed by atoms with Crippen LogP contribution < -0.4 is 4.74 Å². The third-order valence-electron chi connectivity index (χ3n) is 3.01. The number of halogens is 3. The summed E-state index contributed by atoms with van der Waals surface area (Å²) in [7, 11) is 1.53. The van der Waals surface area contributed by atoms with Crippen LogP contribution in [0.15, 0.2) is 36.9 Å². The molecule has 0 bridgehead atoms. The normalized spacial score (nSPS) is 10.4. The molecule has 0 amide bonds. The zero-order valence-electron chi connectivity index (χ0n) is 12.7. The van der Waals surface area contributed by atoms with Crippen molar-refractivity contribution < 1.29 is 4.74 Å². The Kier molecular flexibility index (Phi) is 5.37. The molecule has 0 aromatic carbocycles. The van der Waals surface area contributed by atoms with Crippen molar-refractivity contribution in [1.29, 1.82) is 0 Å². The summed E-state index contributed by atoms with van der Waals surface area (Å²) in [5, 5.41) is 1.11. The summed E-state index contributed by atoms with van der Waals surface area (Å²) in [6.07, 6.45) is 2.82. The summed E-state index contributed by atoms with van der Waals surface area (Å²) in [4.78, 5) is 23.7. The van der Waals surface area contributed by atoms with Gasteiger partial charge in [-0.2, -0.15) is 4.98 Å². The number of nitrogens with zero attached hydrogens (tertiary/aromatic N) is 6. The van der Waals surface area contributed by atoms with E-state index in [1.54, 1.807) is 24.3 Å². The summed E-state index contributed by atoms with van der Waals surface area (Å²) >= 11 is 17.1. The van der Waals surface area contributed by atoms with Gasteiger partial charge in [0.1, 0.15) is 28.5 Å². The van der Waals surface area contributed by atoms with Crippen molar-refractivity contribution in [3.63, 3.8) is 0 Å². The lowest BCUT2D eigenvalue weighted by molar-refractivity contribution is 0.401. The van der Waals surface area contributed by atoms with E-state index in [4.69, 9.17) is 39.5 Å². The van der Waals surface area contributed by atoms with Gasteiger partial charge < -0.3 is 4.74 Å². The maximum absolute atomic E-state index is 5.76. The largest absolute Gasteiger partial charge is 0.479 e. The van der Waals surface area contributed by atoms with Gasteiger partial charge in [0.15, 0.2) is 10.7 Å². The van der Waals surface area contributed by atoms with Gasteiger partial charge in [0, 0.05) is 0 Å². The van der Waals surface area contributed by atoms with E-state index in [9.17, 15) is 0 Å². The summed E-state index contributed by atoms with van der Waals surface area (Å²) < 4.78 is 5.01. The molecule has 0 atom stereocenters. The number of pyridine rings is 2. The van der Waals surface area contributed by atoms with E-state index in [-0.39, 0.29) is 0 Å². The average molecular weight is 396 g/mol. The maximum atomic E-state index is 5.76. The van der Waals surface area contributed by atoms with Crippen molar-refractivity contribution in [2.75, 3.05) is 7.11 Å². The molecule has 0 spiro atoms. The van der Waals surface area contributed by atoms with Crippen molar-refractivity contribution in [2.45, 2.75) is 0 Å². The van der Waals surface area contributed by atoms with Gasteiger partial charge in [-0.1, -0.05) is 34.8 Å². The minimum absolute atomic E-state index is 0.322. The first-order valence-electron chi connectivity index (χ1n) is 6.82. The molecule has 7 nitrogen and oxygen atoms in total. The van der Waals surface area contributed by atoms with Crippen LogP contribution in [0.1, 0.15) is 0 Å². The highest BCUT2D eigenvalue weighted by Gasteiger charge is 2.05. The molecule has 126 valence electrons. The number of methoxy groups -OCH3 is 1.